The van der Waals surface area contributed by atoms with E-state index in [2.05, 4.69) is 30.2 Å². The summed E-state index contributed by atoms with van der Waals surface area (Å²) in [4.78, 5) is 15.1. The zero-order chi connectivity index (χ0) is 14.0. The molecule has 0 aliphatic carbocycles. The molecule has 3 unspecified atom stereocenters. The lowest BCUT2D eigenvalue weighted by molar-refractivity contribution is -0.123. The van der Waals surface area contributed by atoms with E-state index in [1.54, 1.807) is 11.3 Å². The lowest BCUT2D eigenvalue weighted by Gasteiger charge is -2.35. The number of nitrogens with zero attached hydrogens (tertiary/aromatic N) is 1. The predicted molar refractivity (Wildman–Crippen MR) is 79.0 cm³/mol. The van der Waals surface area contributed by atoms with E-state index >= 15 is 0 Å². The molecule has 1 amide bonds. The molecule has 3 atom stereocenters. The Balaban J connectivity index is 2.33. The SMILES string of the molecule is CCC(N)C(c1sccc1C)N1CCCC1C(N)=O. The highest BCUT2D eigenvalue weighted by atomic mass is 32.1. The molecule has 1 aliphatic rings. The van der Waals surface area contributed by atoms with Gasteiger partial charge in [0.15, 0.2) is 0 Å². The van der Waals surface area contributed by atoms with E-state index in [9.17, 15) is 4.79 Å². The smallest absolute Gasteiger partial charge is 0.234 e. The molecule has 0 spiro atoms. The van der Waals surface area contributed by atoms with Crippen LogP contribution in [0.2, 0.25) is 0 Å². The summed E-state index contributed by atoms with van der Waals surface area (Å²) in [5, 5.41) is 2.09. The highest BCUT2D eigenvalue weighted by molar-refractivity contribution is 7.10. The zero-order valence-electron chi connectivity index (χ0n) is 11.6. The molecule has 4 N–H and O–H groups in total. The molecule has 2 rings (SSSR count). The summed E-state index contributed by atoms with van der Waals surface area (Å²) in [7, 11) is 0. The Kier molecular flexibility index (Phi) is 4.60. The third-order valence-corrected chi connectivity index (χ3v) is 5.12. The van der Waals surface area contributed by atoms with Crippen LogP contribution >= 0.6 is 11.3 Å². The van der Waals surface area contributed by atoms with E-state index in [-0.39, 0.29) is 24.0 Å². The highest BCUT2D eigenvalue weighted by Gasteiger charge is 2.38. The summed E-state index contributed by atoms with van der Waals surface area (Å²) in [6.45, 7) is 5.11. The number of amides is 1. The molecule has 1 saturated heterocycles. The highest BCUT2D eigenvalue weighted by Crippen LogP contribution is 2.36. The predicted octanol–water partition coefficient (Wildman–Crippen LogP) is 1.78. The monoisotopic (exact) mass is 281 g/mol. The molecule has 5 heteroatoms. The van der Waals surface area contributed by atoms with Gasteiger partial charge in [-0.05, 0) is 49.7 Å². The average molecular weight is 281 g/mol. The summed E-state index contributed by atoms with van der Waals surface area (Å²) in [6.07, 6.45) is 2.77. The van der Waals surface area contributed by atoms with Crippen LogP contribution in [-0.2, 0) is 4.79 Å². The summed E-state index contributed by atoms with van der Waals surface area (Å²) < 4.78 is 0. The standard InChI is InChI=1S/C14H23N3OS/c1-3-10(15)12(13-9(2)6-8-19-13)17-7-4-5-11(17)14(16)18/h6,8,10-12H,3-5,7,15H2,1-2H3,(H2,16,18). The molecule has 19 heavy (non-hydrogen) atoms. The summed E-state index contributed by atoms with van der Waals surface area (Å²) in [5.41, 5.74) is 13.1. The summed E-state index contributed by atoms with van der Waals surface area (Å²) >= 11 is 1.73. The van der Waals surface area contributed by atoms with Gasteiger partial charge in [-0.1, -0.05) is 6.92 Å². The maximum Gasteiger partial charge on any atom is 0.234 e. The van der Waals surface area contributed by atoms with Crippen molar-refractivity contribution in [3.63, 3.8) is 0 Å². The number of nitrogens with two attached hydrogens (primary N) is 2. The van der Waals surface area contributed by atoms with Crippen molar-refractivity contribution in [2.45, 2.75) is 51.2 Å². The van der Waals surface area contributed by atoms with Crippen LogP contribution in [0.15, 0.2) is 11.4 Å². The van der Waals surface area contributed by atoms with Gasteiger partial charge in [0, 0.05) is 10.9 Å². The maximum absolute atomic E-state index is 11.6. The van der Waals surface area contributed by atoms with Crippen molar-refractivity contribution in [1.29, 1.82) is 0 Å². The van der Waals surface area contributed by atoms with Crippen LogP contribution in [0.3, 0.4) is 0 Å². The first-order valence-electron chi connectivity index (χ1n) is 6.90. The summed E-state index contributed by atoms with van der Waals surface area (Å²) in [5.74, 6) is -0.222. The Hall–Kier alpha value is -0.910. The number of primary amides is 1. The first kappa shape index (κ1) is 14.5. The second-order valence-corrected chi connectivity index (χ2v) is 6.23. The Labute approximate surface area is 118 Å². The molecule has 1 aromatic rings. The van der Waals surface area contributed by atoms with Crippen LogP contribution in [0, 0.1) is 6.92 Å². The van der Waals surface area contributed by atoms with Crippen molar-refractivity contribution < 1.29 is 4.79 Å². The molecule has 4 nitrogen and oxygen atoms in total. The number of aryl methyl sites for hydroxylation is 1. The number of carbonyl (C=O) groups is 1. The minimum Gasteiger partial charge on any atom is -0.368 e. The molecule has 106 valence electrons. The van der Waals surface area contributed by atoms with Gasteiger partial charge in [-0.15, -0.1) is 11.3 Å². The largest absolute Gasteiger partial charge is 0.368 e. The number of hydrogen-bond donors (Lipinski definition) is 2. The van der Waals surface area contributed by atoms with Crippen molar-refractivity contribution >= 4 is 17.2 Å². The molecule has 1 aromatic heterocycles. The van der Waals surface area contributed by atoms with Gasteiger partial charge in [0.05, 0.1) is 12.1 Å². The van der Waals surface area contributed by atoms with Gasteiger partial charge in [-0.3, -0.25) is 9.69 Å². The van der Waals surface area contributed by atoms with Gasteiger partial charge >= 0.3 is 0 Å². The number of thiophene rings is 1. The van der Waals surface area contributed by atoms with Crippen molar-refractivity contribution in [2.24, 2.45) is 11.5 Å². The third kappa shape index (κ3) is 2.83. The van der Waals surface area contributed by atoms with E-state index in [1.807, 2.05) is 0 Å². The van der Waals surface area contributed by atoms with Crippen LogP contribution < -0.4 is 11.5 Å². The van der Waals surface area contributed by atoms with Crippen molar-refractivity contribution in [3.05, 3.63) is 21.9 Å². The van der Waals surface area contributed by atoms with Crippen LogP contribution in [0.4, 0.5) is 0 Å². The van der Waals surface area contributed by atoms with E-state index in [0.717, 1.165) is 25.8 Å². The molecular weight excluding hydrogens is 258 g/mol. The molecule has 0 bridgehead atoms. The van der Waals surface area contributed by atoms with Crippen molar-refractivity contribution in [1.82, 2.24) is 4.90 Å². The second kappa shape index (κ2) is 6.03. The number of rotatable bonds is 5. The second-order valence-electron chi connectivity index (χ2n) is 5.28. The van der Waals surface area contributed by atoms with Crippen LogP contribution in [0.25, 0.3) is 0 Å². The van der Waals surface area contributed by atoms with E-state index in [4.69, 9.17) is 11.5 Å². The molecule has 1 fully saturated rings. The fourth-order valence-corrected chi connectivity index (χ4v) is 4.05. The van der Waals surface area contributed by atoms with Gasteiger partial charge in [0.1, 0.15) is 0 Å². The third-order valence-electron chi connectivity index (χ3n) is 4.03. The van der Waals surface area contributed by atoms with E-state index < -0.39 is 0 Å². The molecule has 0 saturated carbocycles. The lowest BCUT2D eigenvalue weighted by Crippen LogP contribution is -2.47. The van der Waals surface area contributed by atoms with Crippen molar-refractivity contribution in [2.75, 3.05) is 6.54 Å². The van der Waals surface area contributed by atoms with Gasteiger partial charge in [0.2, 0.25) is 5.91 Å². The van der Waals surface area contributed by atoms with E-state index in [1.165, 1.54) is 10.4 Å². The maximum atomic E-state index is 11.6. The Morgan fingerprint density at radius 3 is 2.89 bits per heavy atom. The summed E-state index contributed by atoms with van der Waals surface area (Å²) in [6, 6.07) is 2.11. The molecule has 1 aliphatic heterocycles. The van der Waals surface area contributed by atoms with Gasteiger partial charge in [-0.25, -0.2) is 0 Å². The normalized spacial score (nSPS) is 23.4. The molecule has 2 heterocycles. The fraction of sp³-hybridized carbons (Fsp3) is 0.643. The minimum atomic E-state index is -0.222. The van der Waals surface area contributed by atoms with Crippen LogP contribution in [-0.4, -0.2) is 29.4 Å². The fourth-order valence-electron chi connectivity index (χ4n) is 2.93. The number of carbonyl (C=O) groups excluding carboxylic acids is 1. The Morgan fingerprint density at radius 1 is 1.63 bits per heavy atom. The van der Waals surface area contributed by atoms with E-state index in [0.29, 0.717) is 0 Å². The van der Waals surface area contributed by atoms with Crippen LogP contribution in [0.1, 0.15) is 42.7 Å². The Bertz CT molecular complexity index is 446. The number of hydrogen-bond acceptors (Lipinski definition) is 4. The van der Waals surface area contributed by atoms with Crippen LogP contribution in [0.5, 0.6) is 0 Å². The first-order chi connectivity index (χ1) is 9.06. The lowest BCUT2D eigenvalue weighted by atomic mass is 9.99. The first-order valence-corrected chi connectivity index (χ1v) is 7.78. The molecule has 0 radical (unpaired) electrons. The average Bonchev–Trinajstić information content (AvgIpc) is 3.00. The number of likely N-dealkylation sites (tertiary alicyclic amines) is 1. The van der Waals surface area contributed by atoms with Gasteiger partial charge < -0.3 is 11.5 Å². The van der Waals surface area contributed by atoms with Crippen molar-refractivity contribution in [3.8, 4) is 0 Å². The minimum absolute atomic E-state index is 0.0392. The topological polar surface area (TPSA) is 72.3 Å². The van der Waals surface area contributed by atoms with Gasteiger partial charge in [0.25, 0.3) is 0 Å². The molecule has 0 aromatic carbocycles. The zero-order valence-corrected chi connectivity index (χ0v) is 12.5. The Morgan fingerprint density at radius 2 is 2.37 bits per heavy atom. The molecular formula is C14H23N3OS. The van der Waals surface area contributed by atoms with Gasteiger partial charge in [-0.2, -0.15) is 0 Å². The quantitative estimate of drug-likeness (QED) is 0.864.